The van der Waals surface area contributed by atoms with E-state index in [0.717, 1.165) is 0 Å². The summed E-state index contributed by atoms with van der Waals surface area (Å²) < 4.78 is 39.0. The van der Waals surface area contributed by atoms with Crippen LogP contribution in [0.25, 0.3) is 0 Å². The first-order chi connectivity index (χ1) is 2.00. The molecule has 0 bridgehead atoms. The fourth-order valence-electron chi connectivity index (χ4n) is 0. The van der Waals surface area contributed by atoms with Crippen LogP contribution in [0.2, 0.25) is 0 Å². The van der Waals surface area contributed by atoms with E-state index in [0.29, 0.717) is 0 Å². The summed E-state index contributed by atoms with van der Waals surface area (Å²) in [4.78, 5) is 0. The van der Waals surface area contributed by atoms with Crippen molar-refractivity contribution < 1.29 is 39.8 Å². The standard InChI is InChI=1S/BF4.Mn.H2O/c2-1(3,4)5;;/h;;1H2/q-1;;. The zero-order valence-electron chi connectivity index (χ0n) is 2.97. The van der Waals surface area contributed by atoms with Crippen LogP contribution in [0, 0.1) is 0 Å². The topological polar surface area (TPSA) is 31.5 Å². The molecule has 0 unspecified atom stereocenters. The first kappa shape index (κ1) is 15.7. The van der Waals surface area contributed by atoms with Crippen molar-refractivity contribution >= 4 is 7.25 Å². The maximum atomic E-state index is 9.75. The van der Waals surface area contributed by atoms with Crippen molar-refractivity contribution in [2.75, 3.05) is 0 Å². The van der Waals surface area contributed by atoms with Crippen LogP contribution in [0.3, 0.4) is 0 Å². The molecule has 0 saturated carbocycles. The molecule has 7 heavy (non-hydrogen) atoms. The van der Waals surface area contributed by atoms with E-state index in [1.807, 2.05) is 0 Å². The summed E-state index contributed by atoms with van der Waals surface area (Å²) in [5, 5.41) is 0. The summed E-state index contributed by atoms with van der Waals surface area (Å²) in [6, 6.07) is 0. The molecule has 0 aromatic rings. The van der Waals surface area contributed by atoms with Crippen molar-refractivity contribution in [1.82, 2.24) is 0 Å². The smallest absolute Gasteiger partial charge is 0.418 e. The van der Waals surface area contributed by atoms with Crippen LogP contribution in [-0.2, 0) is 17.1 Å². The quantitative estimate of drug-likeness (QED) is 0.364. The Morgan fingerprint density at radius 1 is 0.857 bits per heavy atom. The third-order valence-electron chi connectivity index (χ3n) is 0. The van der Waals surface area contributed by atoms with Gasteiger partial charge in [0.1, 0.15) is 0 Å². The Kier molecular flexibility index (Phi) is 9.91. The van der Waals surface area contributed by atoms with Crippen molar-refractivity contribution in [1.29, 1.82) is 0 Å². The molecule has 0 rings (SSSR count). The van der Waals surface area contributed by atoms with Gasteiger partial charge in [0.25, 0.3) is 0 Å². The SMILES string of the molecule is F[B-](F)(F)F.O.[Mn]. The Labute approximate surface area is 48.0 Å². The Morgan fingerprint density at radius 3 is 0.857 bits per heavy atom. The van der Waals surface area contributed by atoms with Crippen LogP contribution in [0.15, 0.2) is 0 Å². The molecule has 0 aliphatic carbocycles. The molecular weight excluding hydrogens is 158 g/mol. The van der Waals surface area contributed by atoms with Gasteiger partial charge >= 0.3 is 7.25 Å². The van der Waals surface area contributed by atoms with Gasteiger partial charge in [0.15, 0.2) is 0 Å². The van der Waals surface area contributed by atoms with Crippen molar-refractivity contribution in [2.24, 2.45) is 0 Å². The van der Waals surface area contributed by atoms with Gasteiger partial charge in [0.05, 0.1) is 0 Å². The normalized spacial score (nSPS) is 8.57. The second-order valence-electron chi connectivity index (χ2n) is 0.495. The van der Waals surface area contributed by atoms with Gasteiger partial charge in [-0.1, -0.05) is 0 Å². The van der Waals surface area contributed by atoms with Gasteiger partial charge in [0.2, 0.25) is 0 Å². The van der Waals surface area contributed by atoms with Gasteiger partial charge in [-0.3, -0.25) is 0 Å². The molecule has 0 heterocycles. The maximum absolute atomic E-state index is 9.75. The predicted octanol–water partition coefficient (Wildman–Crippen LogP) is 0.473. The summed E-state index contributed by atoms with van der Waals surface area (Å²) >= 11 is 0. The second-order valence-corrected chi connectivity index (χ2v) is 0.495. The van der Waals surface area contributed by atoms with Gasteiger partial charge in [0, 0.05) is 17.1 Å². The van der Waals surface area contributed by atoms with Gasteiger partial charge in [-0.15, -0.1) is 0 Å². The largest absolute Gasteiger partial charge is 0.673 e. The zero-order valence-corrected chi connectivity index (χ0v) is 4.15. The predicted molar refractivity (Wildman–Crippen MR) is 13.8 cm³/mol. The summed E-state index contributed by atoms with van der Waals surface area (Å²) in [5.41, 5.74) is 0. The number of hydrogen-bond donors (Lipinski definition) is 0. The average Bonchev–Trinajstić information content (AvgIpc) is 0.722. The van der Waals surface area contributed by atoms with Gasteiger partial charge in [-0.2, -0.15) is 0 Å². The molecule has 0 aliphatic rings. The van der Waals surface area contributed by atoms with Crippen molar-refractivity contribution in [3.8, 4) is 0 Å². The summed E-state index contributed by atoms with van der Waals surface area (Å²) in [7, 11) is -6.00. The number of halogens is 4. The minimum absolute atomic E-state index is 0. The van der Waals surface area contributed by atoms with Crippen LogP contribution < -0.4 is 0 Å². The van der Waals surface area contributed by atoms with E-state index in [1.165, 1.54) is 0 Å². The molecule has 0 aromatic heterocycles. The Hall–Kier alpha value is 0.264. The van der Waals surface area contributed by atoms with Crippen LogP contribution in [0.1, 0.15) is 0 Å². The fourth-order valence-corrected chi connectivity index (χ4v) is 0. The maximum Gasteiger partial charge on any atom is 0.673 e. The average molecular weight is 160 g/mol. The minimum atomic E-state index is -6.00. The summed E-state index contributed by atoms with van der Waals surface area (Å²) in [5.74, 6) is 0. The van der Waals surface area contributed by atoms with E-state index in [2.05, 4.69) is 0 Å². The Morgan fingerprint density at radius 2 is 0.857 bits per heavy atom. The Balaban J connectivity index is -0.0000000800. The summed E-state index contributed by atoms with van der Waals surface area (Å²) in [6.45, 7) is 0. The second kappa shape index (κ2) is 4.42. The third kappa shape index (κ3) is 1630. The molecule has 1 radical (unpaired) electrons. The molecule has 0 aromatic carbocycles. The van der Waals surface area contributed by atoms with E-state index in [1.54, 1.807) is 0 Å². The van der Waals surface area contributed by atoms with E-state index in [4.69, 9.17) is 0 Å². The summed E-state index contributed by atoms with van der Waals surface area (Å²) in [6.07, 6.45) is 0. The van der Waals surface area contributed by atoms with Crippen LogP contribution in [0.4, 0.5) is 17.3 Å². The van der Waals surface area contributed by atoms with Gasteiger partial charge < -0.3 is 22.7 Å². The van der Waals surface area contributed by atoms with E-state index >= 15 is 0 Å². The van der Waals surface area contributed by atoms with Crippen molar-refractivity contribution in [3.63, 3.8) is 0 Å². The fraction of sp³-hybridized carbons (Fsp3) is 0. The van der Waals surface area contributed by atoms with Gasteiger partial charge in [-0.05, 0) is 0 Å². The molecule has 0 spiro atoms. The molecule has 1 nitrogen and oxygen atoms in total. The monoisotopic (exact) mass is 160 g/mol. The zero-order chi connectivity index (χ0) is 4.50. The number of hydrogen-bond acceptors (Lipinski definition) is 0. The minimum Gasteiger partial charge on any atom is -0.418 e. The molecule has 7 heteroatoms. The first-order valence-electron chi connectivity index (χ1n) is 0.873. The molecule has 0 atom stereocenters. The molecular formula is H2BF4MnO-. The van der Waals surface area contributed by atoms with Gasteiger partial charge in [-0.25, -0.2) is 0 Å². The third-order valence-corrected chi connectivity index (χ3v) is 0. The van der Waals surface area contributed by atoms with Crippen molar-refractivity contribution in [2.45, 2.75) is 0 Å². The molecule has 47 valence electrons. The molecule has 0 amide bonds. The number of rotatable bonds is 0. The van der Waals surface area contributed by atoms with Crippen molar-refractivity contribution in [3.05, 3.63) is 0 Å². The van der Waals surface area contributed by atoms with E-state index < -0.39 is 7.25 Å². The van der Waals surface area contributed by atoms with E-state index in [-0.39, 0.29) is 22.5 Å². The van der Waals surface area contributed by atoms with E-state index in [9.17, 15) is 17.3 Å². The molecule has 0 saturated heterocycles. The van der Waals surface area contributed by atoms with Crippen LogP contribution in [-0.4, -0.2) is 12.7 Å². The van der Waals surface area contributed by atoms with Crippen LogP contribution >= 0.6 is 0 Å². The van der Waals surface area contributed by atoms with Crippen LogP contribution in [0.5, 0.6) is 0 Å². The molecule has 0 fully saturated rings. The Bertz CT molecular complexity index is 27.2. The molecule has 0 aliphatic heterocycles. The first-order valence-corrected chi connectivity index (χ1v) is 0.873. The molecule has 2 N–H and O–H groups in total.